The Kier molecular flexibility index (Phi) is 3.97. The van der Waals surface area contributed by atoms with Crippen LogP contribution in [0.1, 0.15) is 55.8 Å². The highest BCUT2D eigenvalue weighted by Gasteiger charge is 2.67. The summed E-state index contributed by atoms with van der Waals surface area (Å²) in [7, 11) is 0. The van der Waals surface area contributed by atoms with Gasteiger partial charge < -0.3 is 14.6 Å². The number of rotatable bonds is 4. The minimum absolute atomic E-state index is 0.140. The Morgan fingerprint density at radius 1 is 1.18 bits per heavy atom. The van der Waals surface area contributed by atoms with Crippen molar-refractivity contribution in [3.8, 4) is 5.75 Å². The Labute approximate surface area is 163 Å². The first-order valence-corrected chi connectivity index (χ1v) is 10.4. The summed E-state index contributed by atoms with van der Waals surface area (Å²) in [5.41, 5.74) is -0.673. The fraction of sp³-hybridized carbons (Fsp3) is 0.636. The first-order chi connectivity index (χ1) is 13.4. The van der Waals surface area contributed by atoms with Crippen LogP contribution < -0.4 is 4.74 Å². The van der Waals surface area contributed by atoms with Gasteiger partial charge in [-0.3, -0.25) is 0 Å². The van der Waals surface area contributed by atoms with Gasteiger partial charge in [0.2, 0.25) is 0 Å². The molecule has 1 N–H and O–H groups in total. The summed E-state index contributed by atoms with van der Waals surface area (Å²) in [5.74, 6) is 1.66. The molecule has 1 aromatic carbocycles. The minimum atomic E-state index is -1.21. The van der Waals surface area contributed by atoms with Gasteiger partial charge in [0.15, 0.2) is 11.6 Å². The van der Waals surface area contributed by atoms with Crippen LogP contribution in [-0.4, -0.2) is 22.8 Å². The van der Waals surface area contributed by atoms with Crippen molar-refractivity contribution < 1.29 is 28.6 Å². The number of hydrogen-bond acceptors (Lipinski definition) is 4. The van der Waals surface area contributed by atoms with Crippen LogP contribution in [0.15, 0.2) is 18.2 Å². The van der Waals surface area contributed by atoms with Gasteiger partial charge in [-0.1, -0.05) is 6.92 Å². The third-order valence-corrected chi connectivity index (χ3v) is 8.15. The van der Waals surface area contributed by atoms with Crippen LogP contribution >= 0.6 is 0 Å². The summed E-state index contributed by atoms with van der Waals surface area (Å²) in [6.07, 6.45) is 5.76. The van der Waals surface area contributed by atoms with E-state index in [-0.39, 0.29) is 5.56 Å². The molecule has 7 unspecified atom stereocenters. The summed E-state index contributed by atoms with van der Waals surface area (Å²) in [6.45, 7) is 2.04. The highest BCUT2D eigenvalue weighted by molar-refractivity contribution is 5.88. The van der Waals surface area contributed by atoms with E-state index in [1.807, 2.05) is 6.92 Å². The van der Waals surface area contributed by atoms with E-state index in [9.17, 15) is 14.0 Å². The number of carbonyl (C=O) groups excluding carboxylic acids is 1. The summed E-state index contributed by atoms with van der Waals surface area (Å²) < 4.78 is 25.0. The van der Waals surface area contributed by atoms with Crippen molar-refractivity contribution in [3.63, 3.8) is 0 Å². The first kappa shape index (κ1) is 18.0. The van der Waals surface area contributed by atoms with Crippen LogP contribution in [0.25, 0.3) is 0 Å². The van der Waals surface area contributed by atoms with E-state index in [2.05, 4.69) is 0 Å². The molecule has 7 atom stereocenters. The van der Waals surface area contributed by atoms with Gasteiger partial charge in [-0.05, 0) is 86.3 Å². The van der Waals surface area contributed by atoms with E-state index in [1.54, 1.807) is 0 Å². The molecule has 4 aliphatic carbocycles. The Balaban J connectivity index is 1.34. The summed E-state index contributed by atoms with van der Waals surface area (Å²) in [6, 6.07) is 3.14. The van der Waals surface area contributed by atoms with Crippen LogP contribution in [0.3, 0.4) is 0 Å². The zero-order valence-electron chi connectivity index (χ0n) is 15.9. The van der Waals surface area contributed by atoms with Crippen LogP contribution in [0.4, 0.5) is 9.18 Å². The molecular formula is C22H25FO5. The molecule has 0 amide bonds. The zero-order chi connectivity index (χ0) is 19.6. The van der Waals surface area contributed by atoms with Gasteiger partial charge in [0.1, 0.15) is 5.60 Å². The molecule has 0 spiro atoms. The maximum Gasteiger partial charge on any atom is 0.514 e. The van der Waals surface area contributed by atoms with Crippen LogP contribution in [0, 0.1) is 41.3 Å². The van der Waals surface area contributed by atoms with Gasteiger partial charge in [0.05, 0.1) is 5.56 Å². The van der Waals surface area contributed by atoms with Gasteiger partial charge >= 0.3 is 12.1 Å². The van der Waals surface area contributed by atoms with Crippen molar-refractivity contribution in [2.75, 3.05) is 0 Å². The maximum atomic E-state index is 14.0. The molecule has 5 nitrogen and oxygen atoms in total. The first-order valence-electron chi connectivity index (χ1n) is 10.4. The highest BCUT2D eigenvalue weighted by Crippen LogP contribution is 2.70. The predicted octanol–water partition coefficient (Wildman–Crippen LogP) is 4.89. The molecular weight excluding hydrogens is 363 g/mol. The molecule has 4 fully saturated rings. The van der Waals surface area contributed by atoms with Crippen molar-refractivity contribution in [1.29, 1.82) is 0 Å². The highest BCUT2D eigenvalue weighted by atomic mass is 19.1. The van der Waals surface area contributed by atoms with E-state index in [1.165, 1.54) is 19.3 Å². The van der Waals surface area contributed by atoms with Gasteiger partial charge in [0, 0.05) is 5.92 Å². The fourth-order valence-electron chi connectivity index (χ4n) is 7.28. The summed E-state index contributed by atoms with van der Waals surface area (Å²) in [4.78, 5) is 23.6. The van der Waals surface area contributed by atoms with Crippen molar-refractivity contribution in [2.24, 2.45) is 35.5 Å². The smallest absolute Gasteiger partial charge is 0.478 e. The number of aromatic carboxylic acids is 1. The molecule has 5 rings (SSSR count). The average Bonchev–Trinajstić information content (AvgIpc) is 3.41. The molecule has 4 bridgehead atoms. The average molecular weight is 388 g/mol. The number of carboxylic acids is 1. The lowest BCUT2D eigenvalue weighted by Crippen LogP contribution is -2.47. The number of halogens is 1. The van der Waals surface area contributed by atoms with E-state index < -0.39 is 29.3 Å². The summed E-state index contributed by atoms with van der Waals surface area (Å²) >= 11 is 0. The largest absolute Gasteiger partial charge is 0.514 e. The Bertz CT molecular complexity index is 838. The minimum Gasteiger partial charge on any atom is -0.478 e. The second kappa shape index (κ2) is 6.19. The number of ether oxygens (including phenoxy) is 2. The normalized spacial score (nSPS) is 39.8. The fourth-order valence-corrected chi connectivity index (χ4v) is 7.28. The number of carboxylic acid groups (broad SMARTS) is 1. The number of fused-ring (bicyclic) bond motifs is 9. The van der Waals surface area contributed by atoms with E-state index >= 15 is 0 Å². The third-order valence-electron chi connectivity index (χ3n) is 8.15. The third kappa shape index (κ3) is 2.49. The molecule has 0 saturated heterocycles. The molecule has 0 aromatic heterocycles. The predicted molar refractivity (Wildman–Crippen MR) is 97.5 cm³/mol. The molecule has 0 heterocycles. The van der Waals surface area contributed by atoms with Gasteiger partial charge in [-0.2, -0.15) is 0 Å². The molecule has 1 aromatic rings. The number of benzene rings is 1. The molecule has 150 valence electrons. The van der Waals surface area contributed by atoms with E-state index in [0.717, 1.165) is 55.2 Å². The molecule has 28 heavy (non-hydrogen) atoms. The summed E-state index contributed by atoms with van der Waals surface area (Å²) in [5, 5.41) is 9.06. The van der Waals surface area contributed by atoms with Crippen molar-refractivity contribution in [3.05, 3.63) is 29.6 Å². The van der Waals surface area contributed by atoms with Crippen LogP contribution in [0.2, 0.25) is 0 Å². The monoisotopic (exact) mass is 388 g/mol. The van der Waals surface area contributed by atoms with Crippen molar-refractivity contribution in [2.45, 2.75) is 51.0 Å². The number of hydrogen-bond donors (Lipinski definition) is 1. The Morgan fingerprint density at radius 3 is 2.64 bits per heavy atom. The molecule has 0 aliphatic heterocycles. The topological polar surface area (TPSA) is 72.8 Å². The standard InChI is InChI=1S/C22H25FO5/c1-2-22(10-14-8-15(22)19-12-4-3-11(7-12)18(14)19)28-21(26)27-17-9-13(20(24)25)5-6-16(17)23/h5-6,9,11-12,14-15,18-19H,2-4,7-8,10H2,1H3,(H,24,25). The lowest BCUT2D eigenvalue weighted by atomic mass is 9.65. The van der Waals surface area contributed by atoms with Crippen LogP contribution in [0.5, 0.6) is 5.75 Å². The molecule has 4 saturated carbocycles. The second-order valence-electron chi connectivity index (χ2n) is 9.12. The zero-order valence-corrected chi connectivity index (χ0v) is 15.9. The SMILES string of the molecule is CCC1(OC(=O)Oc2cc(C(=O)O)ccc2F)CC2CC1C1C3CCC(C3)C21. The van der Waals surface area contributed by atoms with E-state index in [4.69, 9.17) is 14.6 Å². The maximum absolute atomic E-state index is 14.0. The van der Waals surface area contributed by atoms with Gasteiger partial charge in [-0.25, -0.2) is 14.0 Å². The van der Waals surface area contributed by atoms with Crippen molar-refractivity contribution in [1.82, 2.24) is 0 Å². The lowest BCUT2D eigenvalue weighted by Gasteiger charge is -2.45. The molecule has 6 heteroatoms. The Morgan fingerprint density at radius 2 is 1.93 bits per heavy atom. The van der Waals surface area contributed by atoms with Gasteiger partial charge in [-0.15, -0.1) is 0 Å². The quantitative estimate of drug-likeness (QED) is 0.452. The number of carbonyl (C=O) groups is 2. The Hall–Kier alpha value is -2.11. The lowest BCUT2D eigenvalue weighted by molar-refractivity contribution is -0.0877. The molecule has 4 aliphatic rings. The van der Waals surface area contributed by atoms with Crippen molar-refractivity contribution >= 4 is 12.1 Å². The van der Waals surface area contributed by atoms with E-state index in [0.29, 0.717) is 17.8 Å². The molecule has 0 radical (unpaired) electrons. The van der Waals surface area contributed by atoms with Crippen LogP contribution in [-0.2, 0) is 4.74 Å². The van der Waals surface area contributed by atoms with Gasteiger partial charge in [0.25, 0.3) is 0 Å². The second-order valence-corrected chi connectivity index (χ2v) is 9.12.